The van der Waals surface area contributed by atoms with Crippen LogP contribution in [-0.4, -0.2) is 35.7 Å². The van der Waals surface area contributed by atoms with Crippen LogP contribution in [0.15, 0.2) is 66.7 Å². The fraction of sp³-hybridized carbons (Fsp3) is 0.310. The molecule has 1 N–H and O–H groups in total. The smallest absolute Gasteiger partial charge is 0.251 e. The lowest BCUT2D eigenvalue weighted by atomic mass is 10.1. The zero-order valence-electron chi connectivity index (χ0n) is 20.7. The van der Waals surface area contributed by atoms with Gasteiger partial charge in [0.1, 0.15) is 17.3 Å². The third-order valence-electron chi connectivity index (χ3n) is 6.29. The van der Waals surface area contributed by atoms with Crippen molar-refractivity contribution in [3.63, 3.8) is 0 Å². The van der Waals surface area contributed by atoms with Crippen LogP contribution >= 0.6 is 0 Å². The van der Waals surface area contributed by atoms with E-state index in [0.717, 1.165) is 54.2 Å². The number of nitrogens with zero attached hydrogens (tertiary/aromatic N) is 2. The molecule has 0 radical (unpaired) electrons. The monoisotopic (exact) mass is 471 g/mol. The molecule has 1 amide bonds. The van der Waals surface area contributed by atoms with Crippen molar-refractivity contribution in [3.8, 4) is 11.5 Å². The van der Waals surface area contributed by atoms with E-state index in [1.165, 1.54) is 11.1 Å². The standard InChI is InChI=1S/C29H33N3O3/c1-21-9-6-12-27(22(21)2)35-20-8-19-32-26-11-5-4-10-25(26)31-28(32)13-7-18-30-29(33)23-14-16-24(34-3)17-15-23/h4-6,9-12,14-17H,7-8,13,18-20H2,1-3H3,(H,30,33). The highest BCUT2D eigenvalue weighted by Crippen LogP contribution is 2.21. The molecule has 4 rings (SSSR count). The van der Waals surface area contributed by atoms with E-state index >= 15 is 0 Å². The Labute approximate surface area is 206 Å². The van der Waals surface area contributed by atoms with E-state index in [1.54, 1.807) is 31.4 Å². The molecule has 35 heavy (non-hydrogen) atoms. The van der Waals surface area contributed by atoms with Gasteiger partial charge in [0.05, 0.1) is 24.8 Å². The maximum atomic E-state index is 12.4. The number of ether oxygens (including phenoxy) is 2. The number of benzene rings is 3. The lowest BCUT2D eigenvalue weighted by Crippen LogP contribution is -2.25. The molecule has 6 heteroatoms. The summed E-state index contributed by atoms with van der Waals surface area (Å²) in [6.07, 6.45) is 2.48. The number of imidazole rings is 1. The first kappa shape index (κ1) is 24.3. The number of carbonyl (C=O) groups is 1. The lowest BCUT2D eigenvalue weighted by molar-refractivity contribution is 0.0953. The van der Waals surface area contributed by atoms with E-state index < -0.39 is 0 Å². The minimum Gasteiger partial charge on any atom is -0.497 e. The number of methoxy groups -OCH3 is 1. The molecule has 0 atom stereocenters. The molecular weight excluding hydrogens is 438 g/mol. The number of amides is 1. The molecule has 1 aromatic heterocycles. The molecule has 0 aliphatic rings. The third-order valence-corrected chi connectivity index (χ3v) is 6.29. The summed E-state index contributed by atoms with van der Waals surface area (Å²) < 4.78 is 13.5. The second-order valence-electron chi connectivity index (χ2n) is 8.66. The molecule has 0 fully saturated rings. The molecule has 0 saturated carbocycles. The molecular formula is C29H33N3O3. The fourth-order valence-corrected chi connectivity index (χ4v) is 4.14. The molecule has 0 aliphatic heterocycles. The lowest BCUT2D eigenvalue weighted by Gasteiger charge is -2.13. The molecule has 6 nitrogen and oxygen atoms in total. The van der Waals surface area contributed by atoms with Crippen LogP contribution in [0.2, 0.25) is 0 Å². The molecule has 0 unspecified atom stereocenters. The Bertz CT molecular complexity index is 1280. The number of carbonyl (C=O) groups excluding carboxylic acids is 1. The summed E-state index contributed by atoms with van der Waals surface area (Å²) in [7, 11) is 1.61. The van der Waals surface area contributed by atoms with E-state index in [1.807, 2.05) is 30.3 Å². The Kier molecular flexibility index (Phi) is 8.03. The molecule has 0 saturated heterocycles. The number of rotatable bonds is 11. The van der Waals surface area contributed by atoms with E-state index in [9.17, 15) is 4.79 Å². The van der Waals surface area contributed by atoms with Gasteiger partial charge in [0.2, 0.25) is 0 Å². The van der Waals surface area contributed by atoms with Gasteiger partial charge in [-0.2, -0.15) is 0 Å². The van der Waals surface area contributed by atoms with Crippen molar-refractivity contribution >= 4 is 16.9 Å². The highest BCUT2D eigenvalue weighted by Gasteiger charge is 2.11. The van der Waals surface area contributed by atoms with Crippen molar-refractivity contribution in [2.24, 2.45) is 0 Å². The highest BCUT2D eigenvalue weighted by atomic mass is 16.5. The molecule has 3 aromatic carbocycles. The zero-order chi connectivity index (χ0) is 24.6. The third kappa shape index (κ3) is 6.01. The van der Waals surface area contributed by atoms with Gasteiger partial charge >= 0.3 is 0 Å². The Balaban J connectivity index is 1.32. The maximum absolute atomic E-state index is 12.4. The number of aromatic nitrogens is 2. The SMILES string of the molecule is COc1ccc(C(=O)NCCCc2nc3ccccc3n2CCCOc2cccc(C)c2C)cc1. The second kappa shape index (κ2) is 11.6. The summed E-state index contributed by atoms with van der Waals surface area (Å²) >= 11 is 0. The molecule has 0 bridgehead atoms. The normalized spacial score (nSPS) is 10.9. The summed E-state index contributed by atoms with van der Waals surface area (Å²) in [5.41, 5.74) is 5.20. The summed E-state index contributed by atoms with van der Waals surface area (Å²) in [4.78, 5) is 17.3. The van der Waals surface area contributed by atoms with Gasteiger partial charge in [0, 0.05) is 25.1 Å². The minimum atomic E-state index is -0.0789. The van der Waals surface area contributed by atoms with Gasteiger partial charge in [-0.1, -0.05) is 24.3 Å². The van der Waals surface area contributed by atoms with Gasteiger partial charge in [-0.25, -0.2) is 4.98 Å². The molecule has 4 aromatic rings. The summed E-state index contributed by atoms with van der Waals surface area (Å²) in [5.74, 6) is 2.65. The number of aryl methyl sites for hydroxylation is 3. The number of hydrogen-bond donors (Lipinski definition) is 1. The Morgan fingerprint density at radius 3 is 2.57 bits per heavy atom. The Morgan fingerprint density at radius 2 is 1.77 bits per heavy atom. The molecule has 1 heterocycles. The summed E-state index contributed by atoms with van der Waals surface area (Å²) in [6.45, 7) is 6.27. The van der Waals surface area contributed by atoms with Crippen molar-refractivity contribution in [2.45, 2.75) is 39.7 Å². The van der Waals surface area contributed by atoms with Gasteiger partial charge in [-0.3, -0.25) is 4.79 Å². The molecule has 182 valence electrons. The van der Waals surface area contributed by atoms with Crippen LogP contribution < -0.4 is 14.8 Å². The van der Waals surface area contributed by atoms with Crippen LogP contribution in [0.5, 0.6) is 11.5 Å². The highest BCUT2D eigenvalue weighted by molar-refractivity contribution is 5.94. The second-order valence-corrected chi connectivity index (χ2v) is 8.66. The zero-order valence-corrected chi connectivity index (χ0v) is 20.7. The Morgan fingerprint density at radius 1 is 0.971 bits per heavy atom. The maximum Gasteiger partial charge on any atom is 0.251 e. The van der Waals surface area contributed by atoms with Crippen LogP contribution in [0, 0.1) is 13.8 Å². The predicted octanol–water partition coefficient (Wildman–Crippen LogP) is 5.49. The van der Waals surface area contributed by atoms with Crippen LogP contribution in [0.3, 0.4) is 0 Å². The minimum absolute atomic E-state index is 0.0789. The van der Waals surface area contributed by atoms with Crippen LogP contribution in [0.25, 0.3) is 11.0 Å². The first-order valence-corrected chi connectivity index (χ1v) is 12.1. The predicted molar refractivity (Wildman–Crippen MR) is 139 cm³/mol. The van der Waals surface area contributed by atoms with Gasteiger partial charge in [0.25, 0.3) is 5.91 Å². The number of fused-ring (bicyclic) bond motifs is 1. The Hall–Kier alpha value is -3.80. The van der Waals surface area contributed by atoms with Crippen molar-refractivity contribution in [1.82, 2.24) is 14.9 Å². The largest absolute Gasteiger partial charge is 0.497 e. The number of para-hydroxylation sites is 2. The molecule has 0 aliphatic carbocycles. The number of nitrogens with one attached hydrogen (secondary N) is 1. The summed E-state index contributed by atoms with van der Waals surface area (Å²) in [6, 6.07) is 21.5. The molecule has 0 spiro atoms. The van der Waals surface area contributed by atoms with E-state index in [-0.39, 0.29) is 5.91 Å². The average Bonchev–Trinajstić information content (AvgIpc) is 3.24. The van der Waals surface area contributed by atoms with Crippen molar-refractivity contribution in [2.75, 3.05) is 20.3 Å². The van der Waals surface area contributed by atoms with Gasteiger partial charge in [-0.05, 0) is 80.3 Å². The van der Waals surface area contributed by atoms with Gasteiger partial charge in [0.15, 0.2) is 0 Å². The fourth-order valence-electron chi connectivity index (χ4n) is 4.14. The van der Waals surface area contributed by atoms with Gasteiger partial charge in [-0.15, -0.1) is 0 Å². The van der Waals surface area contributed by atoms with E-state index in [4.69, 9.17) is 14.5 Å². The van der Waals surface area contributed by atoms with Crippen molar-refractivity contribution < 1.29 is 14.3 Å². The van der Waals surface area contributed by atoms with Crippen molar-refractivity contribution in [1.29, 1.82) is 0 Å². The van der Waals surface area contributed by atoms with Gasteiger partial charge < -0.3 is 19.4 Å². The first-order valence-electron chi connectivity index (χ1n) is 12.1. The average molecular weight is 472 g/mol. The number of hydrogen-bond acceptors (Lipinski definition) is 4. The van der Waals surface area contributed by atoms with E-state index in [2.05, 4.69) is 35.9 Å². The van der Waals surface area contributed by atoms with Crippen LogP contribution in [0.4, 0.5) is 0 Å². The quantitative estimate of drug-likeness (QED) is 0.294. The summed E-state index contributed by atoms with van der Waals surface area (Å²) in [5, 5.41) is 3.00. The first-order chi connectivity index (χ1) is 17.1. The topological polar surface area (TPSA) is 65.4 Å². The van der Waals surface area contributed by atoms with Crippen molar-refractivity contribution in [3.05, 3.63) is 89.2 Å². The van der Waals surface area contributed by atoms with Crippen LogP contribution in [0.1, 0.15) is 40.2 Å². The van der Waals surface area contributed by atoms with E-state index in [0.29, 0.717) is 18.7 Å². The van der Waals surface area contributed by atoms with Crippen LogP contribution in [-0.2, 0) is 13.0 Å².